The zero-order valence-corrected chi connectivity index (χ0v) is 16.0. The van der Waals surface area contributed by atoms with Gasteiger partial charge in [0.05, 0.1) is 11.7 Å². The van der Waals surface area contributed by atoms with Crippen molar-refractivity contribution < 1.29 is 4.79 Å². The van der Waals surface area contributed by atoms with Gasteiger partial charge in [0, 0.05) is 0 Å². The number of nitrogens with zero attached hydrogens (tertiary/aromatic N) is 3. The SMILES string of the molecule is Cc1nn(CC(=O)N[C@@H](C)c2ccc3c(c2)CCCC3)c(=O)c(C#N)c1C. The first kappa shape index (κ1) is 18.8. The predicted molar refractivity (Wildman–Crippen MR) is 102 cm³/mol. The topological polar surface area (TPSA) is 87.8 Å². The van der Waals surface area contributed by atoms with Gasteiger partial charge in [-0.1, -0.05) is 18.2 Å². The monoisotopic (exact) mass is 364 g/mol. The molecular weight excluding hydrogens is 340 g/mol. The quantitative estimate of drug-likeness (QED) is 0.903. The first-order valence-corrected chi connectivity index (χ1v) is 9.30. The van der Waals surface area contributed by atoms with Gasteiger partial charge in [0.25, 0.3) is 5.56 Å². The number of fused-ring (bicyclic) bond motifs is 1. The van der Waals surface area contributed by atoms with E-state index in [1.54, 1.807) is 13.8 Å². The van der Waals surface area contributed by atoms with Crippen molar-refractivity contribution in [3.63, 3.8) is 0 Å². The molecule has 140 valence electrons. The lowest BCUT2D eigenvalue weighted by atomic mass is 9.89. The third-order valence-electron chi connectivity index (χ3n) is 5.29. The van der Waals surface area contributed by atoms with Crippen LogP contribution in [0.25, 0.3) is 0 Å². The summed E-state index contributed by atoms with van der Waals surface area (Å²) in [6.07, 6.45) is 4.66. The molecule has 0 unspecified atom stereocenters. The zero-order valence-electron chi connectivity index (χ0n) is 16.0. The average molecular weight is 364 g/mol. The van der Waals surface area contributed by atoms with Crippen LogP contribution in [0, 0.1) is 25.2 Å². The Morgan fingerprint density at radius 1 is 1.30 bits per heavy atom. The molecule has 1 atom stereocenters. The first-order valence-electron chi connectivity index (χ1n) is 9.30. The molecule has 3 rings (SSSR count). The molecule has 1 amide bonds. The maximum Gasteiger partial charge on any atom is 0.285 e. The van der Waals surface area contributed by atoms with Crippen molar-refractivity contribution in [3.8, 4) is 6.07 Å². The maximum absolute atomic E-state index is 12.4. The second-order valence-electron chi connectivity index (χ2n) is 7.18. The van der Waals surface area contributed by atoms with Crippen LogP contribution in [0.3, 0.4) is 0 Å². The Morgan fingerprint density at radius 3 is 2.70 bits per heavy atom. The highest BCUT2D eigenvalue weighted by Crippen LogP contribution is 2.24. The Bertz CT molecular complexity index is 985. The second-order valence-corrected chi connectivity index (χ2v) is 7.18. The normalized spacial score (nSPS) is 14.1. The van der Waals surface area contributed by atoms with E-state index >= 15 is 0 Å². The van der Waals surface area contributed by atoms with Crippen LogP contribution >= 0.6 is 0 Å². The summed E-state index contributed by atoms with van der Waals surface area (Å²) in [5, 5.41) is 16.3. The van der Waals surface area contributed by atoms with E-state index in [-0.39, 0.29) is 24.1 Å². The van der Waals surface area contributed by atoms with Gasteiger partial charge >= 0.3 is 0 Å². The summed E-state index contributed by atoms with van der Waals surface area (Å²) in [6, 6.07) is 8.13. The molecule has 0 saturated heterocycles. The Balaban J connectivity index is 1.74. The van der Waals surface area contributed by atoms with E-state index in [0.29, 0.717) is 11.3 Å². The van der Waals surface area contributed by atoms with E-state index in [2.05, 4.69) is 28.6 Å². The summed E-state index contributed by atoms with van der Waals surface area (Å²) in [6.45, 7) is 5.13. The molecule has 1 aromatic carbocycles. The van der Waals surface area contributed by atoms with Crippen LogP contribution < -0.4 is 10.9 Å². The van der Waals surface area contributed by atoms with Gasteiger partial charge in [0.15, 0.2) is 0 Å². The van der Waals surface area contributed by atoms with Crippen molar-refractivity contribution in [1.82, 2.24) is 15.1 Å². The van der Waals surface area contributed by atoms with Gasteiger partial charge < -0.3 is 5.32 Å². The fourth-order valence-corrected chi connectivity index (χ4v) is 3.54. The molecular formula is C21H24N4O2. The zero-order chi connectivity index (χ0) is 19.6. The van der Waals surface area contributed by atoms with Crippen LogP contribution in [-0.2, 0) is 24.2 Å². The van der Waals surface area contributed by atoms with Gasteiger partial charge in [-0.05, 0) is 68.7 Å². The minimum Gasteiger partial charge on any atom is -0.348 e. The molecule has 6 heteroatoms. The Morgan fingerprint density at radius 2 is 2.00 bits per heavy atom. The third kappa shape index (κ3) is 3.92. The summed E-state index contributed by atoms with van der Waals surface area (Å²) in [7, 11) is 0. The van der Waals surface area contributed by atoms with Gasteiger partial charge in [-0.15, -0.1) is 0 Å². The van der Waals surface area contributed by atoms with Gasteiger partial charge in [0.2, 0.25) is 5.91 Å². The van der Waals surface area contributed by atoms with Crippen LogP contribution in [-0.4, -0.2) is 15.7 Å². The fraction of sp³-hybridized carbons (Fsp3) is 0.429. The Kier molecular flexibility index (Phi) is 5.41. The number of amides is 1. The minimum atomic E-state index is -0.530. The number of nitriles is 1. The highest BCUT2D eigenvalue weighted by molar-refractivity contribution is 5.76. The van der Waals surface area contributed by atoms with Crippen LogP contribution in [0.5, 0.6) is 0 Å². The number of aromatic nitrogens is 2. The molecule has 1 aliphatic rings. The third-order valence-corrected chi connectivity index (χ3v) is 5.29. The van der Waals surface area contributed by atoms with E-state index in [9.17, 15) is 14.9 Å². The number of carbonyl (C=O) groups excluding carboxylic acids is 1. The summed E-state index contributed by atoms with van der Waals surface area (Å²) in [5.41, 5.74) is 4.46. The summed E-state index contributed by atoms with van der Waals surface area (Å²) >= 11 is 0. The van der Waals surface area contributed by atoms with Crippen molar-refractivity contribution in [2.24, 2.45) is 0 Å². The maximum atomic E-state index is 12.4. The number of hydrogen-bond acceptors (Lipinski definition) is 4. The molecule has 1 N–H and O–H groups in total. The second kappa shape index (κ2) is 7.75. The smallest absolute Gasteiger partial charge is 0.285 e. The van der Waals surface area contributed by atoms with E-state index in [4.69, 9.17) is 0 Å². The van der Waals surface area contributed by atoms with Crippen LogP contribution in [0.1, 0.15) is 59.3 Å². The van der Waals surface area contributed by atoms with E-state index in [1.807, 2.05) is 13.0 Å². The highest BCUT2D eigenvalue weighted by Gasteiger charge is 2.17. The highest BCUT2D eigenvalue weighted by atomic mass is 16.2. The van der Waals surface area contributed by atoms with E-state index in [1.165, 1.54) is 24.0 Å². The van der Waals surface area contributed by atoms with Crippen molar-refractivity contribution in [2.45, 2.75) is 59.0 Å². The molecule has 0 bridgehead atoms. The number of benzene rings is 1. The van der Waals surface area contributed by atoms with E-state index < -0.39 is 5.56 Å². The average Bonchev–Trinajstić information content (AvgIpc) is 2.66. The fourth-order valence-electron chi connectivity index (χ4n) is 3.54. The molecule has 27 heavy (non-hydrogen) atoms. The molecule has 1 aromatic heterocycles. The number of hydrogen-bond donors (Lipinski definition) is 1. The molecule has 0 radical (unpaired) electrons. The van der Waals surface area contributed by atoms with Crippen molar-refractivity contribution in [2.75, 3.05) is 0 Å². The lowest BCUT2D eigenvalue weighted by molar-refractivity contribution is -0.122. The molecule has 0 fully saturated rings. The Labute approximate surface area is 158 Å². The van der Waals surface area contributed by atoms with Crippen LogP contribution in [0.15, 0.2) is 23.0 Å². The lowest BCUT2D eigenvalue weighted by Crippen LogP contribution is -2.36. The molecule has 1 heterocycles. The molecule has 6 nitrogen and oxygen atoms in total. The van der Waals surface area contributed by atoms with E-state index in [0.717, 1.165) is 23.1 Å². The molecule has 0 saturated carbocycles. The lowest BCUT2D eigenvalue weighted by Gasteiger charge is -2.20. The number of nitrogens with one attached hydrogen (secondary N) is 1. The van der Waals surface area contributed by atoms with Crippen LogP contribution in [0.2, 0.25) is 0 Å². The summed E-state index contributed by atoms with van der Waals surface area (Å²) in [5.74, 6) is -0.304. The molecule has 1 aliphatic carbocycles. The van der Waals surface area contributed by atoms with Gasteiger partial charge in [-0.25, -0.2) is 4.68 Å². The summed E-state index contributed by atoms with van der Waals surface area (Å²) in [4.78, 5) is 24.8. The minimum absolute atomic E-state index is 0.0398. The Hall–Kier alpha value is -2.94. The number of aryl methyl sites for hydroxylation is 3. The largest absolute Gasteiger partial charge is 0.348 e. The van der Waals surface area contributed by atoms with Crippen molar-refractivity contribution in [3.05, 3.63) is 62.1 Å². The van der Waals surface area contributed by atoms with Crippen molar-refractivity contribution >= 4 is 5.91 Å². The van der Waals surface area contributed by atoms with Gasteiger partial charge in [-0.3, -0.25) is 9.59 Å². The van der Waals surface area contributed by atoms with Gasteiger partial charge in [0.1, 0.15) is 18.2 Å². The molecule has 0 spiro atoms. The van der Waals surface area contributed by atoms with Gasteiger partial charge in [-0.2, -0.15) is 10.4 Å². The molecule has 0 aliphatic heterocycles. The van der Waals surface area contributed by atoms with Crippen LogP contribution in [0.4, 0.5) is 0 Å². The summed E-state index contributed by atoms with van der Waals surface area (Å²) < 4.78 is 1.07. The predicted octanol–water partition coefficient (Wildman–Crippen LogP) is 2.49. The first-order chi connectivity index (χ1) is 12.9. The number of carbonyl (C=O) groups is 1. The standard InChI is InChI=1S/C21H24N4O2/c1-13-14(2)24-25(21(27)19(13)11-22)12-20(26)23-15(3)17-9-8-16-6-4-5-7-18(16)10-17/h8-10,15H,4-7,12H2,1-3H3,(H,23,26)/t15-/m0/s1. The van der Waals surface area contributed by atoms with Crippen molar-refractivity contribution in [1.29, 1.82) is 5.26 Å². The molecule has 2 aromatic rings. The number of rotatable bonds is 4.